The standard InChI is InChI=1S/C13H13ClN2OS/c1-7-3-4-9(14)11(5-7)16-13(17)12-6-10(15)8(2)18-12/h3-6H,15H2,1-2H3,(H,16,17). The lowest BCUT2D eigenvalue weighted by molar-refractivity contribution is 0.103. The van der Waals surface area contributed by atoms with E-state index in [1.165, 1.54) is 11.3 Å². The molecule has 3 N–H and O–H groups in total. The number of rotatable bonds is 2. The Morgan fingerprint density at radius 3 is 2.67 bits per heavy atom. The molecular weight excluding hydrogens is 268 g/mol. The third-order valence-corrected chi connectivity index (χ3v) is 3.94. The van der Waals surface area contributed by atoms with Gasteiger partial charge in [-0.05, 0) is 37.6 Å². The summed E-state index contributed by atoms with van der Waals surface area (Å²) in [6, 6.07) is 7.18. The molecule has 1 amide bonds. The maximum absolute atomic E-state index is 12.0. The van der Waals surface area contributed by atoms with E-state index in [1.807, 2.05) is 26.0 Å². The SMILES string of the molecule is Cc1ccc(Cl)c(NC(=O)c2cc(N)c(C)s2)c1. The summed E-state index contributed by atoms with van der Waals surface area (Å²) in [4.78, 5) is 13.6. The van der Waals surface area contributed by atoms with E-state index in [-0.39, 0.29) is 5.91 Å². The van der Waals surface area contributed by atoms with Gasteiger partial charge in [0.15, 0.2) is 0 Å². The molecule has 0 fully saturated rings. The average molecular weight is 281 g/mol. The van der Waals surface area contributed by atoms with E-state index < -0.39 is 0 Å². The van der Waals surface area contributed by atoms with Crippen molar-refractivity contribution in [1.29, 1.82) is 0 Å². The Balaban J connectivity index is 2.23. The van der Waals surface area contributed by atoms with Crippen LogP contribution in [-0.4, -0.2) is 5.91 Å². The second-order valence-electron chi connectivity index (χ2n) is 4.06. The molecule has 0 saturated heterocycles. The van der Waals surface area contributed by atoms with Crippen molar-refractivity contribution in [3.05, 3.63) is 44.6 Å². The van der Waals surface area contributed by atoms with Crippen LogP contribution in [0, 0.1) is 13.8 Å². The normalized spacial score (nSPS) is 10.4. The smallest absolute Gasteiger partial charge is 0.265 e. The lowest BCUT2D eigenvalue weighted by Crippen LogP contribution is -2.10. The second-order valence-corrected chi connectivity index (χ2v) is 5.72. The number of halogens is 1. The highest BCUT2D eigenvalue weighted by Gasteiger charge is 2.12. The molecule has 0 atom stereocenters. The Bertz CT molecular complexity index is 588. The van der Waals surface area contributed by atoms with Crippen molar-refractivity contribution in [3.63, 3.8) is 0 Å². The maximum Gasteiger partial charge on any atom is 0.265 e. The van der Waals surface area contributed by atoms with Crippen LogP contribution < -0.4 is 11.1 Å². The number of carbonyl (C=O) groups excluding carboxylic acids is 1. The first kappa shape index (κ1) is 12.9. The molecular formula is C13H13ClN2OS. The molecule has 1 aromatic heterocycles. The Morgan fingerprint density at radius 2 is 2.06 bits per heavy atom. The highest BCUT2D eigenvalue weighted by molar-refractivity contribution is 7.14. The van der Waals surface area contributed by atoms with Crippen molar-refractivity contribution >= 4 is 40.2 Å². The number of nitrogens with two attached hydrogens (primary N) is 1. The molecule has 18 heavy (non-hydrogen) atoms. The lowest BCUT2D eigenvalue weighted by Gasteiger charge is -2.06. The quantitative estimate of drug-likeness (QED) is 0.878. The first-order chi connectivity index (χ1) is 8.47. The molecule has 2 aromatic rings. The molecule has 0 radical (unpaired) electrons. The molecule has 0 aliphatic rings. The van der Waals surface area contributed by atoms with Crippen molar-refractivity contribution in [1.82, 2.24) is 0 Å². The molecule has 2 rings (SSSR count). The summed E-state index contributed by atoms with van der Waals surface area (Å²) in [5, 5.41) is 3.32. The van der Waals surface area contributed by atoms with Gasteiger partial charge in [0, 0.05) is 10.6 Å². The Morgan fingerprint density at radius 1 is 1.33 bits per heavy atom. The molecule has 0 bridgehead atoms. The van der Waals surface area contributed by atoms with Crippen LogP contribution in [0.4, 0.5) is 11.4 Å². The van der Waals surface area contributed by atoms with E-state index in [4.69, 9.17) is 17.3 Å². The van der Waals surface area contributed by atoms with Crippen LogP contribution in [0.1, 0.15) is 20.1 Å². The van der Waals surface area contributed by atoms with Gasteiger partial charge in [-0.2, -0.15) is 0 Å². The summed E-state index contributed by atoms with van der Waals surface area (Å²) in [7, 11) is 0. The average Bonchev–Trinajstić information content (AvgIpc) is 2.64. The Labute approximate surface area is 115 Å². The number of hydrogen-bond donors (Lipinski definition) is 2. The zero-order chi connectivity index (χ0) is 13.3. The van der Waals surface area contributed by atoms with Gasteiger partial charge in [0.1, 0.15) is 0 Å². The minimum absolute atomic E-state index is 0.188. The predicted octanol–water partition coefficient (Wildman–Crippen LogP) is 3.85. The van der Waals surface area contributed by atoms with Gasteiger partial charge in [-0.25, -0.2) is 0 Å². The van der Waals surface area contributed by atoms with E-state index in [1.54, 1.807) is 12.1 Å². The van der Waals surface area contributed by atoms with Crippen molar-refractivity contribution in [3.8, 4) is 0 Å². The zero-order valence-corrected chi connectivity index (χ0v) is 11.7. The van der Waals surface area contributed by atoms with Gasteiger partial charge in [-0.15, -0.1) is 11.3 Å². The lowest BCUT2D eigenvalue weighted by atomic mass is 10.2. The maximum atomic E-state index is 12.0. The van der Waals surface area contributed by atoms with Crippen LogP contribution in [0.25, 0.3) is 0 Å². The fourth-order valence-corrected chi connectivity index (χ4v) is 2.53. The summed E-state index contributed by atoms with van der Waals surface area (Å²) >= 11 is 7.40. The van der Waals surface area contributed by atoms with Gasteiger partial charge in [0.05, 0.1) is 15.6 Å². The van der Waals surface area contributed by atoms with E-state index in [9.17, 15) is 4.79 Å². The molecule has 0 spiro atoms. The van der Waals surface area contributed by atoms with Crippen LogP contribution in [0.3, 0.4) is 0 Å². The first-order valence-electron chi connectivity index (χ1n) is 5.41. The molecule has 1 aromatic carbocycles. The predicted molar refractivity (Wildman–Crippen MR) is 77.6 cm³/mol. The zero-order valence-electron chi connectivity index (χ0n) is 10.1. The summed E-state index contributed by atoms with van der Waals surface area (Å²) in [6.07, 6.45) is 0. The summed E-state index contributed by atoms with van der Waals surface area (Å²) < 4.78 is 0. The minimum Gasteiger partial charge on any atom is -0.398 e. The van der Waals surface area contributed by atoms with Gasteiger partial charge < -0.3 is 11.1 Å². The monoisotopic (exact) mass is 280 g/mol. The van der Waals surface area contributed by atoms with Crippen LogP contribution >= 0.6 is 22.9 Å². The minimum atomic E-state index is -0.188. The van der Waals surface area contributed by atoms with E-state index in [0.29, 0.717) is 21.3 Å². The molecule has 94 valence electrons. The van der Waals surface area contributed by atoms with Crippen molar-refractivity contribution in [2.75, 3.05) is 11.1 Å². The van der Waals surface area contributed by atoms with Gasteiger partial charge in [0.25, 0.3) is 5.91 Å². The molecule has 5 heteroatoms. The molecule has 3 nitrogen and oxygen atoms in total. The van der Waals surface area contributed by atoms with Gasteiger partial charge >= 0.3 is 0 Å². The van der Waals surface area contributed by atoms with Crippen LogP contribution in [0.15, 0.2) is 24.3 Å². The van der Waals surface area contributed by atoms with E-state index in [0.717, 1.165) is 10.4 Å². The number of carbonyl (C=O) groups is 1. The number of aryl methyl sites for hydroxylation is 2. The first-order valence-corrected chi connectivity index (χ1v) is 6.60. The molecule has 0 saturated carbocycles. The van der Waals surface area contributed by atoms with Crippen molar-refractivity contribution in [2.45, 2.75) is 13.8 Å². The Kier molecular flexibility index (Phi) is 3.59. The number of benzene rings is 1. The fraction of sp³-hybridized carbons (Fsp3) is 0.154. The highest BCUT2D eigenvalue weighted by atomic mass is 35.5. The van der Waals surface area contributed by atoms with Crippen molar-refractivity contribution in [2.24, 2.45) is 0 Å². The third kappa shape index (κ3) is 2.66. The van der Waals surface area contributed by atoms with Gasteiger partial charge in [0.2, 0.25) is 0 Å². The van der Waals surface area contributed by atoms with Gasteiger partial charge in [-0.1, -0.05) is 17.7 Å². The summed E-state index contributed by atoms with van der Waals surface area (Å²) in [5.41, 5.74) is 8.02. The number of hydrogen-bond acceptors (Lipinski definition) is 3. The topological polar surface area (TPSA) is 55.1 Å². The molecule has 0 aliphatic heterocycles. The number of nitrogens with one attached hydrogen (secondary N) is 1. The van der Waals surface area contributed by atoms with Crippen LogP contribution in [0.5, 0.6) is 0 Å². The van der Waals surface area contributed by atoms with E-state index in [2.05, 4.69) is 5.32 Å². The Hall–Kier alpha value is -1.52. The molecule has 0 aliphatic carbocycles. The molecule has 1 heterocycles. The largest absolute Gasteiger partial charge is 0.398 e. The number of anilines is 2. The highest BCUT2D eigenvalue weighted by Crippen LogP contribution is 2.27. The fourth-order valence-electron chi connectivity index (χ4n) is 1.53. The number of thiophene rings is 1. The van der Waals surface area contributed by atoms with Crippen molar-refractivity contribution < 1.29 is 4.79 Å². The van der Waals surface area contributed by atoms with Gasteiger partial charge in [-0.3, -0.25) is 4.79 Å². The summed E-state index contributed by atoms with van der Waals surface area (Å²) in [5.74, 6) is -0.188. The second kappa shape index (κ2) is 5.00. The van der Waals surface area contributed by atoms with Crippen LogP contribution in [-0.2, 0) is 0 Å². The van der Waals surface area contributed by atoms with Crippen LogP contribution in [0.2, 0.25) is 5.02 Å². The van der Waals surface area contributed by atoms with E-state index >= 15 is 0 Å². The number of nitrogen functional groups attached to an aromatic ring is 1. The molecule has 0 unspecified atom stereocenters. The third-order valence-electron chi connectivity index (χ3n) is 2.55. The number of amides is 1. The summed E-state index contributed by atoms with van der Waals surface area (Å²) in [6.45, 7) is 3.83.